The molecule has 2 unspecified atom stereocenters. The highest BCUT2D eigenvalue weighted by molar-refractivity contribution is 5.03. The van der Waals surface area contributed by atoms with E-state index in [1.165, 1.54) is 18.4 Å². The number of allylic oxidation sites excluding steroid dienone is 2. The molecule has 0 bridgehead atoms. The van der Waals surface area contributed by atoms with Crippen molar-refractivity contribution in [3.8, 4) is 0 Å². The van der Waals surface area contributed by atoms with Crippen LogP contribution in [0.2, 0.25) is 0 Å². The first kappa shape index (κ1) is 9.53. The van der Waals surface area contributed by atoms with Crippen LogP contribution in [0.4, 0.5) is 0 Å². The van der Waals surface area contributed by atoms with Crippen molar-refractivity contribution in [2.45, 2.75) is 45.8 Å². The maximum Gasteiger partial charge on any atom is 0.0767 e. The average Bonchev–Trinajstić information content (AvgIpc) is 2.36. The standard InChI is InChI=1S/C11H18O/c1-4-5-10-6-7-11(12-10)8-9(2)3/h4-5,8,10-11H,6-7H2,1-3H3/b5-4-. The van der Waals surface area contributed by atoms with E-state index in [0.29, 0.717) is 12.2 Å². The van der Waals surface area contributed by atoms with Gasteiger partial charge in [0.15, 0.2) is 0 Å². The lowest BCUT2D eigenvalue weighted by Gasteiger charge is -2.06. The normalized spacial score (nSPS) is 29.6. The van der Waals surface area contributed by atoms with Crippen LogP contribution >= 0.6 is 0 Å². The molecule has 68 valence electrons. The van der Waals surface area contributed by atoms with Gasteiger partial charge < -0.3 is 4.74 Å². The lowest BCUT2D eigenvalue weighted by atomic mass is 10.1. The predicted molar refractivity (Wildman–Crippen MR) is 52.1 cm³/mol. The van der Waals surface area contributed by atoms with Crippen LogP contribution in [-0.2, 0) is 4.74 Å². The summed E-state index contributed by atoms with van der Waals surface area (Å²) in [7, 11) is 0. The van der Waals surface area contributed by atoms with Gasteiger partial charge in [0.25, 0.3) is 0 Å². The van der Waals surface area contributed by atoms with E-state index >= 15 is 0 Å². The van der Waals surface area contributed by atoms with Gasteiger partial charge in [0.05, 0.1) is 12.2 Å². The van der Waals surface area contributed by atoms with E-state index in [9.17, 15) is 0 Å². The Balaban J connectivity index is 2.40. The molecule has 1 heterocycles. The molecule has 1 heteroatoms. The summed E-state index contributed by atoms with van der Waals surface area (Å²) in [4.78, 5) is 0. The van der Waals surface area contributed by atoms with Crippen LogP contribution in [-0.4, -0.2) is 12.2 Å². The second-order valence-electron chi connectivity index (χ2n) is 3.56. The Hall–Kier alpha value is -0.560. The zero-order valence-electron chi connectivity index (χ0n) is 8.21. The smallest absolute Gasteiger partial charge is 0.0767 e. The average molecular weight is 166 g/mol. The molecule has 0 spiro atoms. The monoisotopic (exact) mass is 166 g/mol. The summed E-state index contributed by atoms with van der Waals surface area (Å²) in [6.07, 6.45) is 9.46. The largest absolute Gasteiger partial charge is 0.367 e. The summed E-state index contributed by atoms with van der Waals surface area (Å²) in [5.74, 6) is 0. The molecule has 2 atom stereocenters. The molecule has 1 aliphatic heterocycles. The Kier molecular flexibility index (Phi) is 3.54. The number of hydrogen-bond donors (Lipinski definition) is 0. The molecule has 1 nitrogen and oxygen atoms in total. The minimum atomic E-state index is 0.357. The quantitative estimate of drug-likeness (QED) is 0.573. The molecular weight excluding hydrogens is 148 g/mol. The van der Waals surface area contributed by atoms with E-state index < -0.39 is 0 Å². The lowest BCUT2D eigenvalue weighted by molar-refractivity contribution is 0.100. The molecule has 0 radical (unpaired) electrons. The molecule has 1 rings (SSSR count). The fourth-order valence-corrected chi connectivity index (χ4v) is 1.54. The van der Waals surface area contributed by atoms with E-state index in [2.05, 4.69) is 32.1 Å². The second kappa shape index (κ2) is 4.46. The highest BCUT2D eigenvalue weighted by atomic mass is 16.5. The Morgan fingerprint density at radius 1 is 1.25 bits per heavy atom. The van der Waals surface area contributed by atoms with E-state index in [-0.39, 0.29) is 0 Å². The van der Waals surface area contributed by atoms with E-state index in [0.717, 1.165) is 0 Å². The maximum absolute atomic E-state index is 5.75. The van der Waals surface area contributed by atoms with Crippen molar-refractivity contribution < 1.29 is 4.74 Å². The molecule has 1 aliphatic rings. The van der Waals surface area contributed by atoms with E-state index in [1.807, 2.05) is 6.92 Å². The summed E-state index contributed by atoms with van der Waals surface area (Å²) in [6, 6.07) is 0. The van der Waals surface area contributed by atoms with Crippen LogP contribution in [0.1, 0.15) is 33.6 Å². The third-order valence-electron chi connectivity index (χ3n) is 2.01. The van der Waals surface area contributed by atoms with E-state index in [4.69, 9.17) is 4.74 Å². The zero-order valence-corrected chi connectivity index (χ0v) is 8.21. The zero-order chi connectivity index (χ0) is 8.97. The van der Waals surface area contributed by atoms with Crippen molar-refractivity contribution in [2.24, 2.45) is 0 Å². The number of rotatable bonds is 2. The van der Waals surface area contributed by atoms with Crippen LogP contribution in [0.15, 0.2) is 23.8 Å². The van der Waals surface area contributed by atoms with Crippen molar-refractivity contribution in [3.05, 3.63) is 23.8 Å². The Labute approximate surface area is 75.1 Å². The first-order valence-electron chi connectivity index (χ1n) is 4.65. The molecule has 1 fully saturated rings. The summed E-state index contributed by atoms with van der Waals surface area (Å²) in [5.41, 5.74) is 1.35. The van der Waals surface area contributed by atoms with Crippen LogP contribution in [0.3, 0.4) is 0 Å². The molecule has 12 heavy (non-hydrogen) atoms. The van der Waals surface area contributed by atoms with Crippen molar-refractivity contribution in [2.75, 3.05) is 0 Å². The fourth-order valence-electron chi connectivity index (χ4n) is 1.54. The second-order valence-corrected chi connectivity index (χ2v) is 3.56. The van der Waals surface area contributed by atoms with Crippen LogP contribution in [0.25, 0.3) is 0 Å². The Morgan fingerprint density at radius 3 is 2.50 bits per heavy atom. The molecule has 0 N–H and O–H groups in total. The first-order valence-corrected chi connectivity index (χ1v) is 4.65. The highest BCUT2D eigenvalue weighted by Gasteiger charge is 2.20. The summed E-state index contributed by atoms with van der Waals surface area (Å²) in [6.45, 7) is 6.27. The molecule has 0 saturated carbocycles. The Morgan fingerprint density at radius 2 is 1.92 bits per heavy atom. The molecule has 0 aromatic heterocycles. The topological polar surface area (TPSA) is 9.23 Å². The molecule has 0 amide bonds. The summed E-state index contributed by atoms with van der Waals surface area (Å²) >= 11 is 0. The molecule has 1 saturated heterocycles. The van der Waals surface area contributed by atoms with Gasteiger partial charge in [-0.3, -0.25) is 0 Å². The summed E-state index contributed by atoms with van der Waals surface area (Å²) in [5, 5.41) is 0. The first-order chi connectivity index (χ1) is 5.72. The maximum atomic E-state index is 5.75. The van der Waals surface area contributed by atoms with Gasteiger partial charge in [0.2, 0.25) is 0 Å². The van der Waals surface area contributed by atoms with Gasteiger partial charge in [-0.1, -0.05) is 23.8 Å². The van der Waals surface area contributed by atoms with Gasteiger partial charge in [0, 0.05) is 0 Å². The van der Waals surface area contributed by atoms with Crippen molar-refractivity contribution >= 4 is 0 Å². The van der Waals surface area contributed by atoms with Gasteiger partial charge in [0.1, 0.15) is 0 Å². The SMILES string of the molecule is C/C=C\C1CCC(C=C(C)C)O1. The third kappa shape index (κ3) is 2.82. The lowest BCUT2D eigenvalue weighted by Crippen LogP contribution is -2.06. The number of ether oxygens (including phenoxy) is 1. The van der Waals surface area contributed by atoms with Crippen molar-refractivity contribution in [1.82, 2.24) is 0 Å². The predicted octanol–water partition coefficient (Wildman–Crippen LogP) is 3.08. The fraction of sp³-hybridized carbons (Fsp3) is 0.636. The van der Waals surface area contributed by atoms with Crippen LogP contribution < -0.4 is 0 Å². The van der Waals surface area contributed by atoms with Gasteiger partial charge in [-0.15, -0.1) is 0 Å². The minimum absolute atomic E-state index is 0.357. The van der Waals surface area contributed by atoms with Gasteiger partial charge in [-0.2, -0.15) is 0 Å². The van der Waals surface area contributed by atoms with Gasteiger partial charge in [-0.05, 0) is 33.6 Å². The minimum Gasteiger partial charge on any atom is -0.367 e. The van der Waals surface area contributed by atoms with Crippen molar-refractivity contribution in [3.63, 3.8) is 0 Å². The van der Waals surface area contributed by atoms with Gasteiger partial charge >= 0.3 is 0 Å². The number of hydrogen-bond acceptors (Lipinski definition) is 1. The molecule has 0 aromatic carbocycles. The molecule has 0 aliphatic carbocycles. The van der Waals surface area contributed by atoms with E-state index in [1.54, 1.807) is 0 Å². The highest BCUT2D eigenvalue weighted by Crippen LogP contribution is 2.22. The van der Waals surface area contributed by atoms with Gasteiger partial charge in [-0.25, -0.2) is 0 Å². The summed E-state index contributed by atoms with van der Waals surface area (Å²) < 4.78 is 5.75. The Bertz CT molecular complexity index is 187. The van der Waals surface area contributed by atoms with Crippen LogP contribution in [0, 0.1) is 0 Å². The third-order valence-corrected chi connectivity index (χ3v) is 2.01. The molecule has 0 aromatic rings. The van der Waals surface area contributed by atoms with Crippen LogP contribution in [0.5, 0.6) is 0 Å². The molecular formula is C11H18O. The van der Waals surface area contributed by atoms with Crippen molar-refractivity contribution in [1.29, 1.82) is 0 Å².